The van der Waals surface area contributed by atoms with E-state index in [0.717, 1.165) is 18.5 Å². The number of nitrogens with two attached hydrogens (primary N) is 1. The van der Waals surface area contributed by atoms with Crippen LogP contribution >= 0.6 is 0 Å². The molecule has 0 radical (unpaired) electrons. The topological polar surface area (TPSA) is 74.5 Å². The van der Waals surface area contributed by atoms with Gasteiger partial charge in [0.05, 0.1) is 6.20 Å². The molecule has 6 heteroatoms. The van der Waals surface area contributed by atoms with Crippen LogP contribution in [-0.4, -0.2) is 24.5 Å². The highest BCUT2D eigenvalue weighted by Gasteiger charge is 2.05. The normalized spacial score (nSPS) is 10.8. The number of nitrogens with zero attached hydrogens (tertiary/aromatic N) is 5. The molecule has 2 N–H and O–H groups in total. The van der Waals surface area contributed by atoms with Gasteiger partial charge < -0.3 is 5.73 Å². The molecule has 0 aliphatic rings. The predicted octanol–water partition coefficient (Wildman–Crippen LogP) is 1.50. The van der Waals surface area contributed by atoms with Crippen molar-refractivity contribution in [1.29, 1.82) is 0 Å². The Hall–Kier alpha value is -2.63. The van der Waals surface area contributed by atoms with Crippen molar-refractivity contribution in [2.45, 2.75) is 13.0 Å². The Bertz CT molecular complexity index is 712. The third-order valence-electron chi connectivity index (χ3n) is 3.07. The van der Waals surface area contributed by atoms with Gasteiger partial charge in [-0.2, -0.15) is 10.2 Å². The molecule has 0 saturated carbocycles. The van der Waals surface area contributed by atoms with Gasteiger partial charge >= 0.3 is 0 Å². The molecule has 1 aromatic carbocycles. The smallest absolute Gasteiger partial charge is 0.181 e. The summed E-state index contributed by atoms with van der Waals surface area (Å²) in [6.07, 6.45) is 6.51. The first-order chi connectivity index (χ1) is 9.70. The van der Waals surface area contributed by atoms with Gasteiger partial charge in [-0.15, -0.1) is 0 Å². The van der Waals surface area contributed by atoms with Crippen molar-refractivity contribution in [3.63, 3.8) is 0 Å². The van der Waals surface area contributed by atoms with Gasteiger partial charge in [0.15, 0.2) is 5.82 Å². The highest BCUT2D eigenvalue weighted by atomic mass is 15.3. The lowest BCUT2D eigenvalue weighted by atomic mass is 10.2. The van der Waals surface area contributed by atoms with E-state index in [0.29, 0.717) is 11.5 Å². The van der Waals surface area contributed by atoms with Crippen molar-refractivity contribution in [3.8, 4) is 11.4 Å². The quantitative estimate of drug-likeness (QED) is 0.728. The number of aromatic nitrogens is 5. The van der Waals surface area contributed by atoms with Crippen LogP contribution in [0.1, 0.15) is 5.56 Å². The fourth-order valence-corrected chi connectivity index (χ4v) is 2.06. The number of rotatable bonds is 4. The summed E-state index contributed by atoms with van der Waals surface area (Å²) in [5.74, 6) is 0.698. The molecule has 3 aromatic rings. The molecule has 102 valence electrons. The van der Waals surface area contributed by atoms with E-state index in [1.54, 1.807) is 11.0 Å². The minimum absolute atomic E-state index is 0.698. The summed E-state index contributed by atoms with van der Waals surface area (Å²) in [7, 11) is 1.91. The molecule has 2 heterocycles. The Kier molecular flexibility index (Phi) is 3.20. The lowest BCUT2D eigenvalue weighted by Gasteiger charge is -1.99. The Morgan fingerprint density at radius 1 is 1.30 bits per heavy atom. The van der Waals surface area contributed by atoms with E-state index in [1.807, 2.05) is 48.4 Å². The largest absolute Gasteiger partial charge is 0.399 e. The Labute approximate surface area is 116 Å². The van der Waals surface area contributed by atoms with Crippen LogP contribution in [-0.2, 0) is 20.0 Å². The second-order valence-corrected chi connectivity index (χ2v) is 4.73. The molecule has 0 atom stereocenters. The van der Waals surface area contributed by atoms with Gasteiger partial charge in [0.1, 0.15) is 6.33 Å². The van der Waals surface area contributed by atoms with E-state index in [-0.39, 0.29) is 0 Å². The van der Waals surface area contributed by atoms with Gasteiger partial charge in [0.25, 0.3) is 0 Å². The number of hydrogen-bond donors (Lipinski definition) is 1. The molecule has 0 saturated heterocycles. The molecular formula is C14H16N6. The second-order valence-electron chi connectivity index (χ2n) is 4.73. The maximum absolute atomic E-state index is 5.77. The monoisotopic (exact) mass is 268 g/mol. The van der Waals surface area contributed by atoms with Gasteiger partial charge in [-0.05, 0) is 24.1 Å². The van der Waals surface area contributed by atoms with Crippen molar-refractivity contribution < 1.29 is 0 Å². The second kappa shape index (κ2) is 5.16. The molecule has 20 heavy (non-hydrogen) atoms. The Balaban J connectivity index is 1.70. The highest BCUT2D eigenvalue weighted by Crippen LogP contribution is 2.17. The lowest BCUT2D eigenvalue weighted by molar-refractivity contribution is 0.614. The van der Waals surface area contributed by atoms with Crippen molar-refractivity contribution in [2.75, 3.05) is 5.73 Å². The lowest BCUT2D eigenvalue weighted by Crippen LogP contribution is -2.01. The summed E-state index contributed by atoms with van der Waals surface area (Å²) in [6.45, 7) is 0.779. The first-order valence-corrected chi connectivity index (χ1v) is 6.43. The van der Waals surface area contributed by atoms with E-state index < -0.39 is 0 Å². The van der Waals surface area contributed by atoms with Crippen molar-refractivity contribution in [1.82, 2.24) is 24.5 Å². The number of nitrogen functional groups attached to an aromatic ring is 1. The highest BCUT2D eigenvalue weighted by molar-refractivity contribution is 5.60. The zero-order valence-corrected chi connectivity index (χ0v) is 11.3. The third-order valence-corrected chi connectivity index (χ3v) is 3.07. The van der Waals surface area contributed by atoms with Crippen LogP contribution in [0.15, 0.2) is 43.0 Å². The van der Waals surface area contributed by atoms with E-state index >= 15 is 0 Å². The first-order valence-electron chi connectivity index (χ1n) is 6.43. The van der Waals surface area contributed by atoms with Gasteiger partial charge in [-0.1, -0.05) is 12.1 Å². The summed E-state index contributed by atoms with van der Waals surface area (Å²) in [6, 6.07) is 7.59. The molecule has 0 fully saturated rings. The van der Waals surface area contributed by atoms with Crippen molar-refractivity contribution in [2.24, 2.45) is 7.05 Å². The van der Waals surface area contributed by atoms with Crippen LogP contribution < -0.4 is 5.73 Å². The molecule has 0 amide bonds. The molecule has 0 unspecified atom stereocenters. The van der Waals surface area contributed by atoms with Gasteiger partial charge in [-0.3, -0.25) is 9.36 Å². The van der Waals surface area contributed by atoms with Crippen molar-refractivity contribution >= 4 is 5.69 Å². The summed E-state index contributed by atoms with van der Waals surface area (Å²) in [5.41, 5.74) is 8.61. The summed E-state index contributed by atoms with van der Waals surface area (Å²) in [5, 5.41) is 8.62. The van der Waals surface area contributed by atoms with Crippen LogP contribution in [0.3, 0.4) is 0 Å². The summed E-state index contributed by atoms with van der Waals surface area (Å²) >= 11 is 0. The Morgan fingerprint density at radius 3 is 2.95 bits per heavy atom. The van der Waals surface area contributed by atoms with E-state index in [1.165, 1.54) is 5.56 Å². The fraction of sp³-hybridized carbons (Fsp3) is 0.214. The first kappa shape index (κ1) is 12.4. The molecule has 0 spiro atoms. The standard InChI is InChI=1S/C14H16N6/c1-19-9-11(8-17-19)5-6-20-10-16-14(18-20)12-3-2-4-13(15)7-12/h2-4,7-10H,5-6,15H2,1H3. The number of benzene rings is 1. The van der Waals surface area contributed by atoms with E-state index in [2.05, 4.69) is 15.2 Å². The molecule has 6 nitrogen and oxygen atoms in total. The molecule has 0 aliphatic heterocycles. The number of anilines is 1. The van der Waals surface area contributed by atoms with Gasteiger partial charge in [-0.25, -0.2) is 4.98 Å². The molecule has 2 aromatic heterocycles. The summed E-state index contributed by atoms with van der Waals surface area (Å²) in [4.78, 5) is 4.32. The maximum atomic E-state index is 5.77. The predicted molar refractivity (Wildman–Crippen MR) is 76.8 cm³/mol. The minimum Gasteiger partial charge on any atom is -0.399 e. The minimum atomic E-state index is 0.698. The zero-order chi connectivity index (χ0) is 13.9. The van der Waals surface area contributed by atoms with Crippen LogP contribution in [0.2, 0.25) is 0 Å². The van der Waals surface area contributed by atoms with E-state index in [4.69, 9.17) is 5.73 Å². The summed E-state index contributed by atoms with van der Waals surface area (Å²) < 4.78 is 3.64. The van der Waals surface area contributed by atoms with Crippen LogP contribution in [0.25, 0.3) is 11.4 Å². The van der Waals surface area contributed by atoms with Gasteiger partial charge in [0.2, 0.25) is 0 Å². The fourth-order valence-electron chi connectivity index (χ4n) is 2.06. The average molecular weight is 268 g/mol. The van der Waals surface area contributed by atoms with Crippen molar-refractivity contribution in [3.05, 3.63) is 48.5 Å². The van der Waals surface area contributed by atoms with Gasteiger partial charge in [0, 0.05) is 31.0 Å². The van der Waals surface area contributed by atoms with Crippen LogP contribution in [0.5, 0.6) is 0 Å². The average Bonchev–Trinajstić information content (AvgIpc) is 3.05. The maximum Gasteiger partial charge on any atom is 0.181 e. The molecule has 3 rings (SSSR count). The Morgan fingerprint density at radius 2 is 2.20 bits per heavy atom. The number of hydrogen-bond acceptors (Lipinski definition) is 4. The number of aryl methyl sites for hydroxylation is 3. The van der Waals surface area contributed by atoms with E-state index in [9.17, 15) is 0 Å². The SMILES string of the molecule is Cn1cc(CCn2cnc(-c3cccc(N)c3)n2)cn1. The molecule has 0 aliphatic carbocycles. The third kappa shape index (κ3) is 2.69. The zero-order valence-electron chi connectivity index (χ0n) is 11.3. The van der Waals surface area contributed by atoms with Crippen LogP contribution in [0, 0.1) is 0 Å². The molecule has 0 bridgehead atoms. The van der Waals surface area contributed by atoms with Crippen LogP contribution in [0.4, 0.5) is 5.69 Å². The molecular weight excluding hydrogens is 252 g/mol.